The van der Waals surface area contributed by atoms with Crippen molar-refractivity contribution < 1.29 is 4.42 Å². The number of para-hydroxylation sites is 2. The smallest absolute Gasteiger partial charge is 0.135 e. The molecule has 0 spiro atoms. The second-order valence-corrected chi connectivity index (χ2v) is 14.2. The largest absolute Gasteiger partial charge is 0.456 e. The van der Waals surface area contributed by atoms with Gasteiger partial charge in [-0.15, -0.1) is 0 Å². The van der Waals surface area contributed by atoms with Crippen LogP contribution in [0.4, 0.5) is 0 Å². The summed E-state index contributed by atoms with van der Waals surface area (Å²) in [6.45, 7) is 7.39. The molecular formula is C48H42N4O. The third-order valence-corrected chi connectivity index (χ3v) is 10.4. The van der Waals surface area contributed by atoms with Gasteiger partial charge in [-0.05, 0) is 71.1 Å². The molecule has 0 fully saturated rings. The van der Waals surface area contributed by atoms with Crippen LogP contribution in [-0.2, 0) is 12.0 Å². The van der Waals surface area contributed by atoms with Crippen LogP contribution in [0.1, 0.15) is 41.7 Å². The lowest BCUT2D eigenvalue weighted by Gasteiger charge is -2.21. The van der Waals surface area contributed by atoms with Crippen molar-refractivity contribution in [2.45, 2.75) is 32.7 Å². The molecule has 0 bridgehead atoms. The van der Waals surface area contributed by atoms with Crippen molar-refractivity contribution in [3.8, 4) is 16.8 Å². The predicted molar refractivity (Wildman–Crippen MR) is 222 cm³/mol. The van der Waals surface area contributed by atoms with Crippen molar-refractivity contribution in [1.82, 2.24) is 4.57 Å². The summed E-state index contributed by atoms with van der Waals surface area (Å²) in [6.07, 6.45) is 0. The van der Waals surface area contributed by atoms with Crippen LogP contribution in [0.2, 0.25) is 0 Å². The Bertz CT molecular complexity index is 2770. The monoisotopic (exact) mass is 690 g/mol. The van der Waals surface area contributed by atoms with Gasteiger partial charge in [0.2, 0.25) is 0 Å². The van der Waals surface area contributed by atoms with E-state index in [4.69, 9.17) is 21.3 Å². The molecule has 5 N–H and O–H groups in total. The molecule has 0 radical (unpaired) electrons. The Morgan fingerprint density at radius 2 is 1.30 bits per heavy atom. The SMILES string of the molecule is Cc1ccc(-n2c3ccccc3c3c4c(ccc32)C(C)(C)c2ccccc2-4)cc1.N=C(N)c1ccccc1.NCc1ccc2c(c1)oc1ccccc12. The lowest BCUT2D eigenvalue weighted by Crippen LogP contribution is -2.14. The van der Waals surface area contributed by atoms with Crippen LogP contribution in [-0.4, -0.2) is 10.4 Å². The molecule has 1 aliphatic carbocycles. The molecule has 5 heteroatoms. The molecule has 0 saturated heterocycles. The number of aromatic nitrogens is 1. The molecule has 2 aromatic heterocycles. The highest BCUT2D eigenvalue weighted by atomic mass is 16.3. The quantitative estimate of drug-likeness (QED) is 0.127. The Morgan fingerprint density at radius 1 is 0.642 bits per heavy atom. The maximum Gasteiger partial charge on any atom is 0.135 e. The summed E-state index contributed by atoms with van der Waals surface area (Å²) >= 11 is 0. The Labute approximate surface area is 309 Å². The molecule has 0 unspecified atom stereocenters. The summed E-state index contributed by atoms with van der Waals surface area (Å²) in [5.74, 6) is 0.121. The van der Waals surface area contributed by atoms with Crippen LogP contribution < -0.4 is 11.5 Å². The van der Waals surface area contributed by atoms with Gasteiger partial charge in [0.05, 0.1) is 11.0 Å². The average Bonchev–Trinajstić information content (AvgIpc) is 3.81. The van der Waals surface area contributed by atoms with E-state index < -0.39 is 0 Å². The Hall–Kier alpha value is -6.43. The highest BCUT2D eigenvalue weighted by Crippen LogP contribution is 2.53. The summed E-state index contributed by atoms with van der Waals surface area (Å²) in [4.78, 5) is 0. The number of nitrogens with two attached hydrogens (primary N) is 2. The van der Waals surface area contributed by atoms with E-state index in [1.54, 1.807) is 0 Å². The minimum Gasteiger partial charge on any atom is -0.456 e. The van der Waals surface area contributed by atoms with Gasteiger partial charge in [-0.2, -0.15) is 0 Å². The number of aryl methyl sites for hydroxylation is 1. The molecule has 2 heterocycles. The van der Waals surface area contributed by atoms with E-state index in [0.717, 1.165) is 33.1 Å². The number of hydrogen-bond donors (Lipinski definition) is 3. The van der Waals surface area contributed by atoms with Gasteiger partial charge >= 0.3 is 0 Å². The number of nitrogens with zero attached hydrogens (tertiary/aromatic N) is 1. The molecule has 1 aliphatic rings. The fourth-order valence-electron chi connectivity index (χ4n) is 7.74. The highest BCUT2D eigenvalue weighted by molar-refractivity contribution is 6.18. The van der Waals surface area contributed by atoms with Gasteiger partial charge in [0.15, 0.2) is 0 Å². The Kier molecular flexibility index (Phi) is 8.65. The standard InChI is InChI=1S/C28H23N.C13H11NO.C7H8N2/c1-18-12-14-19(15-13-18)29-24-11-7-5-9-21(24)27-25(29)17-16-23-26(27)20-8-4-6-10-22(20)28(23,2)3;14-8-9-5-6-11-10-3-1-2-4-12(10)15-13(11)7-9;8-7(9)6-4-2-1-3-5-6/h4-17H,1-3H3;1-7H,8,14H2;1-5H,(H3,8,9). The summed E-state index contributed by atoms with van der Waals surface area (Å²) in [5.41, 5.74) is 25.2. The van der Waals surface area contributed by atoms with Crippen molar-refractivity contribution >= 4 is 49.6 Å². The van der Waals surface area contributed by atoms with Crippen molar-refractivity contribution in [3.05, 3.63) is 186 Å². The molecule has 260 valence electrons. The van der Waals surface area contributed by atoms with E-state index in [0.29, 0.717) is 6.54 Å². The van der Waals surface area contributed by atoms with Gasteiger partial charge < -0.3 is 20.5 Å². The second-order valence-electron chi connectivity index (χ2n) is 14.2. The molecule has 0 atom stereocenters. The minimum atomic E-state index is 0.0210. The average molecular weight is 691 g/mol. The molecule has 0 saturated carbocycles. The number of furan rings is 1. The molecule has 0 amide bonds. The zero-order valence-electron chi connectivity index (χ0n) is 30.2. The van der Waals surface area contributed by atoms with Crippen LogP contribution in [0, 0.1) is 12.3 Å². The fraction of sp³-hybridized carbons (Fsp3) is 0.104. The number of amidine groups is 1. The van der Waals surface area contributed by atoms with E-state index in [2.05, 4.69) is 122 Å². The first-order chi connectivity index (χ1) is 25.8. The molecular weight excluding hydrogens is 649 g/mol. The van der Waals surface area contributed by atoms with Crippen LogP contribution in [0.5, 0.6) is 0 Å². The fourth-order valence-corrected chi connectivity index (χ4v) is 7.74. The van der Waals surface area contributed by atoms with E-state index in [1.165, 1.54) is 55.3 Å². The summed E-state index contributed by atoms with van der Waals surface area (Å²) in [6, 6.07) is 54.7. The minimum absolute atomic E-state index is 0.0210. The summed E-state index contributed by atoms with van der Waals surface area (Å²) in [7, 11) is 0. The molecule has 7 aromatic carbocycles. The second kappa shape index (κ2) is 13.6. The highest BCUT2D eigenvalue weighted by Gasteiger charge is 2.37. The van der Waals surface area contributed by atoms with Gasteiger partial charge in [-0.3, -0.25) is 5.41 Å². The van der Waals surface area contributed by atoms with E-state index in [9.17, 15) is 0 Å². The van der Waals surface area contributed by atoms with Gasteiger partial charge in [-0.25, -0.2) is 0 Å². The topological polar surface area (TPSA) is 94.0 Å². The number of rotatable bonds is 3. The van der Waals surface area contributed by atoms with Crippen molar-refractivity contribution in [3.63, 3.8) is 0 Å². The van der Waals surface area contributed by atoms with Gasteiger partial charge in [0.1, 0.15) is 17.0 Å². The van der Waals surface area contributed by atoms with Gasteiger partial charge in [0, 0.05) is 44.8 Å². The van der Waals surface area contributed by atoms with Crippen LogP contribution in [0.3, 0.4) is 0 Å². The normalized spacial score (nSPS) is 12.5. The lowest BCUT2D eigenvalue weighted by molar-refractivity contribution is 0.661. The number of hydrogen-bond acceptors (Lipinski definition) is 3. The van der Waals surface area contributed by atoms with Crippen LogP contribution >= 0.6 is 0 Å². The third-order valence-electron chi connectivity index (χ3n) is 10.4. The zero-order valence-corrected chi connectivity index (χ0v) is 30.2. The van der Waals surface area contributed by atoms with Gasteiger partial charge in [0.25, 0.3) is 0 Å². The van der Waals surface area contributed by atoms with E-state index in [1.807, 2.05) is 60.7 Å². The van der Waals surface area contributed by atoms with Crippen molar-refractivity contribution in [1.29, 1.82) is 5.41 Å². The van der Waals surface area contributed by atoms with Crippen molar-refractivity contribution in [2.24, 2.45) is 11.5 Å². The van der Waals surface area contributed by atoms with E-state index >= 15 is 0 Å². The zero-order chi connectivity index (χ0) is 36.7. The van der Waals surface area contributed by atoms with Gasteiger partial charge in [-0.1, -0.05) is 141 Å². The first kappa shape index (κ1) is 33.7. The summed E-state index contributed by atoms with van der Waals surface area (Å²) in [5, 5.41) is 12.0. The number of nitrogen functional groups attached to an aromatic ring is 1. The third kappa shape index (κ3) is 5.95. The number of nitrogens with one attached hydrogen (secondary N) is 1. The Balaban J connectivity index is 0.000000138. The lowest BCUT2D eigenvalue weighted by atomic mass is 9.82. The summed E-state index contributed by atoms with van der Waals surface area (Å²) < 4.78 is 8.15. The van der Waals surface area contributed by atoms with Crippen LogP contribution in [0.15, 0.2) is 162 Å². The molecule has 0 aliphatic heterocycles. The predicted octanol–water partition coefficient (Wildman–Crippen LogP) is 11.4. The molecule has 5 nitrogen and oxygen atoms in total. The maximum absolute atomic E-state index is 7.01. The van der Waals surface area contributed by atoms with E-state index in [-0.39, 0.29) is 11.3 Å². The molecule has 9 aromatic rings. The first-order valence-electron chi connectivity index (χ1n) is 18.0. The maximum atomic E-state index is 7.01. The molecule has 10 rings (SSSR count). The van der Waals surface area contributed by atoms with Crippen LogP contribution in [0.25, 0.3) is 60.6 Å². The molecule has 53 heavy (non-hydrogen) atoms. The number of fused-ring (bicyclic) bond motifs is 10. The number of benzene rings is 7. The van der Waals surface area contributed by atoms with Crippen molar-refractivity contribution in [2.75, 3.05) is 0 Å². The Morgan fingerprint density at radius 3 is 2.04 bits per heavy atom. The first-order valence-corrected chi connectivity index (χ1v) is 18.0.